The number of nitrogens with zero attached hydrogens (tertiary/aromatic N) is 2. The van der Waals surface area contributed by atoms with Gasteiger partial charge in [-0.3, -0.25) is 0 Å². The van der Waals surface area contributed by atoms with Gasteiger partial charge >= 0.3 is 0 Å². The van der Waals surface area contributed by atoms with Crippen molar-refractivity contribution in [1.82, 2.24) is 4.90 Å². The van der Waals surface area contributed by atoms with E-state index in [9.17, 15) is 0 Å². The summed E-state index contributed by atoms with van der Waals surface area (Å²) in [5, 5.41) is 3.92. The van der Waals surface area contributed by atoms with Gasteiger partial charge in [0, 0.05) is 12.8 Å². The molecule has 0 radical (unpaired) electrons. The maximum atomic E-state index is 4.96. The monoisotopic (exact) mass is 232 g/mol. The molecule has 88 valence electrons. The summed E-state index contributed by atoms with van der Waals surface area (Å²) in [6.07, 6.45) is 5.84. The first-order valence-electron chi connectivity index (χ1n) is 5.76. The highest BCUT2D eigenvalue weighted by atomic mass is 35.5. The normalized spacial score (nSPS) is 34.1. The molecule has 1 atom stereocenters. The molecule has 4 heteroatoms. The van der Waals surface area contributed by atoms with E-state index in [1.807, 2.05) is 13.1 Å². The largest absolute Gasteiger partial charge is 0.396 e. The second kappa shape index (κ2) is 6.33. The Bertz CT molecular complexity index is 203. The Morgan fingerprint density at radius 3 is 2.67 bits per heavy atom. The molecule has 3 rings (SSSR count). The van der Waals surface area contributed by atoms with E-state index in [0.29, 0.717) is 6.61 Å². The van der Waals surface area contributed by atoms with Crippen LogP contribution in [0, 0.1) is 11.8 Å². The molecule has 15 heavy (non-hydrogen) atoms. The molecule has 3 nitrogen and oxygen atoms in total. The second-order valence-corrected chi connectivity index (χ2v) is 4.34. The van der Waals surface area contributed by atoms with Crippen LogP contribution in [-0.2, 0) is 4.84 Å². The lowest BCUT2D eigenvalue weighted by Gasteiger charge is -2.44. The molecular weight excluding hydrogens is 212 g/mol. The molecule has 0 aliphatic carbocycles. The molecule has 3 aliphatic rings. The van der Waals surface area contributed by atoms with Crippen molar-refractivity contribution in [3.63, 3.8) is 0 Å². The van der Waals surface area contributed by atoms with E-state index in [1.54, 1.807) is 0 Å². The van der Waals surface area contributed by atoms with Crippen LogP contribution in [0.4, 0.5) is 0 Å². The van der Waals surface area contributed by atoms with E-state index in [0.717, 1.165) is 18.3 Å². The highest BCUT2D eigenvalue weighted by Gasteiger charge is 2.33. The average molecular weight is 233 g/mol. The molecule has 0 spiro atoms. The molecule has 0 aromatic rings. The predicted molar refractivity (Wildman–Crippen MR) is 64.6 cm³/mol. The van der Waals surface area contributed by atoms with Gasteiger partial charge in [0.15, 0.2) is 0 Å². The summed E-state index contributed by atoms with van der Waals surface area (Å²) in [5.41, 5.74) is 0. The Balaban J connectivity index is 0.00000112. The molecule has 3 fully saturated rings. The molecule has 1 unspecified atom stereocenters. The SMILES string of the molecule is CCON=CCC1CN2CCC1CC2.Cl. The molecule has 3 aliphatic heterocycles. The van der Waals surface area contributed by atoms with Crippen molar-refractivity contribution in [2.75, 3.05) is 26.2 Å². The van der Waals surface area contributed by atoms with E-state index >= 15 is 0 Å². The molecule has 0 amide bonds. The first kappa shape index (κ1) is 12.8. The zero-order chi connectivity index (χ0) is 9.80. The average Bonchev–Trinajstić information content (AvgIpc) is 2.26. The number of rotatable bonds is 4. The number of oxime groups is 1. The van der Waals surface area contributed by atoms with Crippen LogP contribution in [0.1, 0.15) is 26.2 Å². The number of fused-ring (bicyclic) bond motifs is 3. The quantitative estimate of drug-likeness (QED) is 0.548. The lowest BCUT2D eigenvalue weighted by Crippen LogP contribution is -2.47. The van der Waals surface area contributed by atoms with Gasteiger partial charge in [0.05, 0.1) is 0 Å². The summed E-state index contributed by atoms with van der Waals surface area (Å²) < 4.78 is 0. The molecule has 3 heterocycles. The molecular formula is C11H21ClN2O. The lowest BCUT2D eigenvalue weighted by molar-refractivity contribution is 0.0545. The Morgan fingerprint density at radius 2 is 2.13 bits per heavy atom. The van der Waals surface area contributed by atoms with Crippen LogP contribution in [0.5, 0.6) is 0 Å². The fourth-order valence-corrected chi connectivity index (χ4v) is 2.66. The van der Waals surface area contributed by atoms with Crippen molar-refractivity contribution >= 4 is 18.6 Å². The Hall–Kier alpha value is -0.280. The van der Waals surface area contributed by atoms with E-state index in [2.05, 4.69) is 10.1 Å². The molecule has 0 N–H and O–H groups in total. The van der Waals surface area contributed by atoms with Crippen LogP contribution < -0.4 is 0 Å². The van der Waals surface area contributed by atoms with Gasteiger partial charge in [-0.25, -0.2) is 0 Å². The third-order valence-electron chi connectivity index (χ3n) is 3.48. The van der Waals surface area contributed by atoms with Gasteiger partial charge in [-0.1, -0.05) is 5.16 Å². The minimum absolute atomic E-state index is 0. The van der Waals surface area contributed by atoms with Crippen molar-refractivity contribution in [3.8, 4) is 0 Å². The van der Waals surface area contributed by atoms with E-state index in [-0.39, 0.29) is 12.4 Å². The highest BCUT2D eigenvalue weighted by molar-refractivity contribution is 5.85. The van der Waals surface area contributed by atoms with Crippen LogP contribution in [0.3, 0.4) is 0 Å². The Kier molecular flexibility index (Phi) is 5.40. The first-order chi connectivity index (χ1) is 6.90. The minimum atomic E-state index is 0. The maximum Gasteiger partial charge on any atom is 0.114 e. The number of piperidine rings is 3. The van der Waals surface area contributed by atoms with Gasteiger partial charge in [0.25, 0.3) is 0 Å². The summed E-state index contributed by atoms with van der Waals surface area (Å²) in [7, 11) is 0. The summed E-state index contributed by atoms with van der Waals surface area (Å²) in [6, 6.07) is 0. The first-order valence-corrected chi connectivity index (χ1v) is 5.76. The van der Waals surface area contributed by atoms with Gasteiger partial charge in [-0.05, 0) is 51.1 Å². The standard InChI is InChI=1S/C11H20N2O.ClH/c1-2-14-12-6-3-11-9-13-7-4-10(11)5-8-13;/h6,10-11H,2-5,7-9H2,1H3;1H. The lowest BCUT2D eigenvalue weighted by atomic mass is 9.78. The fourth-order valence-electron chi connectivity index (χ4n) is 2.66. The van der Waals surface area contributed by atoms with Crippen LogP contribution in [0.15, 0.2) is 5.16 Å². The zero-order valence-corrected chi connectivity index (χ0v) is 10.2. The van der Waals surface area contributed by atoms with Gasteiger partial charge in [0.2, 0.25) is 0 Å². The van der Waals surface area contributed by atoms with Crippen LogP contribution in [-0.4, -0.2) is 37.4 Å². The van der Waals surface area contributed by atoms with Gasteiger partial charge in [0.1, 0.15) is 6.61 Å². The van der Waals surface area contributed by atoms with Gasteiger partial charge in [-0.15, -0.1) is 12.4 Å². The van der Waals surface area contributed by atoms with E-state index in [4.69, 9.17) is 4.84 Å². The summed E-state index contributed by atoms with van der Waals surface area (Å²) >= 11 is 0. The zero-order valence-electron chi connectivity index (χ0n) is 9.39. The van der Waals surface area contributed by atoms with E-state index < -0.39 is 0 Å². The summed E-state index contributed by atoms with van der Waals surface area (Å²) in [5.74, 6) is 1.79. The van der Waals surface area contributed by atoms with Crippen molar-refractivity contribution in [2.24, 2.45) is 17.0 Å². The molecule has 0 aromatic heterocycles. The smallest absolute Gasteiger partial charge is 0.114 e. The molecule has 0 saturated carbocycles. The maximum absolute atomic E-state index is 4.96. The van der Waals surface area contributed by atoms with Crippen LogP contribution >= 0.6 is 12.4 Å². The Morgan fingerprint density at radius 1 is 1.40 bits per heavy atom. The topological polar surface area (TPSA) is 24.8 Å². The highest BCUT2D eigenvalue weighted by Crippen LogP contribution is 2.33. The van der Waals surface area contributed by atoms with Gasteiger partial charge < -0.3 is 9.74 Å². The fraction of sp³-hybridized carbons (Fsp3) is 0.909. The Labute approximate surface area is 98.3 Å². The van der Waals surface area contributed by atoms with Crippen LogP contribution in [0.2, 0.25) is 0 Å². The molecule has 0 aromatic carbocycles. The van der Waals surface area contributed by atoms with Crippen molar-refractivity contribution < 1.29 is 4.84 Å². The number of hydrogen-bond donors (Lipinski definition) is 0. The van der Waals surface area contributed by atoms with Crippen LogP contribution in [0.25, 0.3) is 0 Å². The van der Waals surface area contributed by atoms with Crippen molar-refractivity contribution in [3.05, 3.63) is 0 Å². The number of halogens is 1. The molecule has 2 bridgehead atoms. The van der Waals surface area contributed by atoms with Crippen molar-refractivity contribution in [2.45, 2.75) is 26.2 Å². The minimum Gasteiger partial charge on any atom is -0.396 e. The van der Waals surface area contributed by atoms with Gasteiger partial charge in [-0.2, -0.15) is 0 Å². The third-order valence-corrected chi connectivity index (χ3v) is 3.48. The van der Waals surface area contributed by atoms with E-state index in [1.165, 1.54) is 32.5 Å². The third kappa shape index (κ3) is 3.35. The molecule has 3 saturated heterocycles. The number of hydrogen-bond acceptors (Lipinski definition) is 3. The summed E-state index contributed by atoms with van der Waals surface area (Å²) in [6.45, 7) is 6.57. The summed E-state index contributed by atoms with van der Waals surface area (Å²) in [4.78, 5) is 7.54. The predicted octanol–water partition coefficient (Wildman–Crippen LogP) is 2.16. The van der Waals surface area contributed by atoms with Crippen molar-refractivity contribution in [1.29, 1.82) is 0 Å². The second-order valence-electron chi connectivity index (χ2n) is 4.34.